The van der Waals surface area contributed by atoms with Crippen LogP contribution in [0.25, 0.3) is 0 Å². The number of benzene rings is 1. The van der Waals surface area contributed by atoms with Gasteiger partial charge in [-0.15, -0.1) is 12.4 Å². The Bertz CT molecular complexity index is 394. The van der Waals surface area contributed by atoms with E-state index in [0.717, 1.165) is 31.0 Å². The van der Waals surface area contributed by atoms with E-state index >= 15 is 0 Å². The molecule has 1 saturated heterocycles. The van der Waals surface area contributed by atoms with Crippen molar-refractivity contribution in [2.75, 3.05) is 13.6 Å². The van der Waals surface area contributed by atoms with Gasteiger partial charge in [0, 0.05) is 18.6 Å². The van der Waals surface area contributed by atoms with E-state index in [1.54, 1.807) is 7.05 Å². The lowest BCUT2D eigenvalue weighted by atomic mass is 10.1. The monoisotopic (exact) mass is 288 g/mol. The van der Waals surface area contributed by atoms with Crippen molar-refractivity contribution in [3.05, 3.63) is 34.9 Å². The molecule has 3 nitrogen and oxygen atoms in total. The molecule has 18 heavy (non-hydrogen) atoms. The topological polar surface area (TPSA) is 32.3 Å². The van der Waals surface area contributed by atoms with E-state index in [9.17, 15) is 4.79 Å². The molecule has 1 atom stereocenters. The third-order valence-electron chi connectivity index (χ3n) is 3.21. The molecule has 1 unspecified atom stereocenters. The van der Waals surface area contributed by atoms with Gasteiger partial charge in [-0.1, -0.05) is 23.7 Å². The number of nitrogens with zero attached hydrogens (tertiary/aromatic N) is 1. The van der Waals surface area contributed by atoms with Gasteiger partial charge in [0.1, 0.15) is 0 Å². The van der Waals surface area contributed by atoms with Crippen LogP contribution in [0, 0.1) is 0 Å². The summed E-state index contributed by atoms with van der Waals surface area (Å²) in [6.45, 7) is 1.80. The molecule has 5 heteroatoms. The van der Waals surface area contributed by atoms with Gasteiger partial charge in [-0.25, -0.2) is 0 Å². The van der Waals surface area contributed by atoms with Gasteiger partial charge in [0.15, 0.2) is 0 Å². The molecular formula is C13H18Cl2N2O. The number of rotatable bonds is 3. The first-order valence-electron chi connectivity index (χ1n) is 5.91. The lowest BCUT2D eigenvalue weighted by Gasteiger charge is -2.23. The fraction of sp³-hybridized carbons (Fsp3) is 0.462. The second-order valence-electron chi connectivity index (χ2n) is 4.37. The first-order chi connectivity index (χ1) is 8.20. The van der Waals surface area contributed by atoms with Crippen molar-refractivity contribution in [1.29, 1.82) is 0 Å². The summed E-state index contributed by atoms with van der Waals surface area (Å²) < 4.78 is 0. The van der Waals surface area contributed by atoms with Crippen LogP contribution >= 0.6 is 24.0 Å². The number of likely N-dealkylation sites (N-methyl/N-ethyl adjacent to an activating group) is 1. The van der Waals surface area contributed by atoms with Crippen LogP contribution in [0.4, 0.5) is 0 Å². The van der Waals surface area contributed by atoms with Gasteiger partial charge in [-0.3, -0.25) is 9.69 Å². The lowest BCUT2D eigenvalue weighted by Crippen LogP contribution is -2.41. The predicted molar refractivity (Wildman–Crippen MR) is 76.2 cm³/mol. The molecule has 0 radical (unpaired) electrons. The smallest absolute Gasteiger partial charge is 0.237 e. The maximum Gasteiger partial charge on any atom is 0.237 e. The number of halogens is 2. The number of amides is 1. The summed E-state index contributed by atoms with van der Waals surface area (Å²) >= 11 is 5.85. The molecule has 2 rings (SSSR count). The van der Waals surface area contributed by atoms with Crippen molar-refractivity contribution in [1.82, 2.24) is 10.2 Å². The molecule has 1 amide bonds. The van der Waals surface area contributed by atoms with E-state index in [4.69, 9.17) is 11.6 Å². The quantitative estimate of drug-likeness (QED) is 0.927. The highest BCUT2D eigenvalue weighted by Crippen LogP contribution is 2.20. The molecule has 0 saturated carbocycles. The van der Waals surface area contributed by atoms with E-state index in [2.05, 4.69) is 10.2 Å². The van der Waals surface area contributed by atoms with E-state index in [1.165, 1.54) is 5.56 Å². The molecule has 0 spiro atoms. The molecule has 100 valence electrons. The van der Waals surface area contributed by atoms with E-state index in [-0.39, 0.29) is 24.4 Å². The second-order valence-corrected chi connectivity index (χ2v) is 4.81. The fourth-order valence-corrected chi connectivity index (χ4v) is 2.43. The van der Waals surface area contributed by atoms with Gasteiger partial charge in [-0.2, -0.15) is 0 Å². The number of carbonyl (C=O) groups excluding carboxylic acids is 1. The molecule has 1 N–H and O–H groups in total. The molecule has 1 aliphatic heterocycles. The minimum atomic E-state index is 0. The van der Waals surface area contributed by atoms with Gasteiger partial charge >= 0.3 is 0 Å². The van der Waals surface area contributed by atoms with E-state index in [0.29, 0.717) is 0 Å². The molecule has 1 fully saturated rings. The van der Waals surface area contributed by atoms with Gasteiger partial charge in [-0.05, 0) is 37.1 Å². The van der Waals surface area contributed by atoms with E-state index in [1.807, 2.05) is 24.3 Å². The summed E-state index contributed by atoms with van der Waals surface area (Å²) in [6, 6.07) is 7.84. The highest BCUT2D eigenvalue weighted by atomic mass is 35.5. The Labute approximate surface area is 119 Å². The fourth-order valence-electron chi connectivity index (χ4n) is 2.30. The summed E-state index contributed by atoms with van der Waals surface area (Å²) in [5.74, 6) is 0.122. The highest BCUT2D eigenvalue weighted by Gasteiger charge is 2.29. The van der Waals surface area contributed by atoms with E-state index < -0.39 is 0 Å². The zero-order chi connectivity index (χ0) is 12.3. The van der Waals surface area contributed by atoms with Crippen molar-refractivity contribution >= 4 is 29.9 Å². The Morgan fingerprint density at radius 2 is 2.11 bits per heavy atom. The summed E-state index contributed by atoms with van der Waals surface area (Å²) in [4.78, 5) is 13.9. The van der Waals surface area contributed by atoms with Crippen LogP contribution in [0.3, 0.4) is 0 Å². The summed E-state index contributed by atoms with van der Waals surface area (Å²) in [7, 11) is 1.70. The third-order valence-corrected chi connectivity index (χ3v) is 3.46. The Morgan fingerprint density at radius 1 is 1.44 bits per heavy atom. The van der Waals surface area contributed by atoms with Gasteiger partial charge < -0.3 is 5.32 Å². The standard InChI is InChI=1S/C13H17ClN2O.ClH/c1-15-13(17)12-3-2-8-16(12)9-10-4-6-11(14)7-5-10;/h4-7,12H,2-3,8-9H2,1H3,(H,15,17);1H. The first kappa shape index (κ1) is 15.3. The zero-order valence-corrected chi connectivity index (χ0v) is 11.9. The van der Waals surface area contributed by atoms with Crippen LogP contribution in [0.1, 0.15) is 18.4 Å². The Kier molecular flexibility index (Phi) is 5.93. The summed E-state index contributed by atoms with van der Waals surface area (Å²) in [6.07, 6.45) is 2.04. The maximum atomic E-state index is 11.7. The van der Waals surface area contributed by atoms with Crippen LogP contribution in [-0.4, -0.2) is 30.4 Å². The van der Waals surface area contributed by atoms with Gasteiger partial charge in [0.05, 0.1) is 6.04 Å². The second kappa shape index (κ2) is 6.98. The molecule has 0 bridgehead atoms. The zero-order valence-electron chi connectivity index (χ0n) is 10.4. The normalized spacial score (nSPS) is 19.3. The van der Waals surface area contributed by atoms with Crippen LogP contribution in [0.15, 0.2) is 24.3 Å². The van der Waals surface area contributed by atoms with Crippen molar-refractivity contribution < 1.29 is 4.79 Å². The predicted octanol–water partition coefficient (Wildman–Crippen LogP) is 2.47. The minimum absolute atomic E-state index is 0. The highest BCUT2D eigenvalue weighted by molar-refractivity contribution is 6.30. The molecule has 1 heterocycles. The summed E-state index contributed by atoms with van der Waals surface area (Å²) in [5.41, 5.74) is 1.20. The van der Waals surface area contributed by atoms with Crippen molar-refractivity contribution in [2.24, 2.45) is 0 Å². The molecular weight excluding hydrogens is 271 g/mol. The minimum Gasteiger partial charge on any atom is -0.358 e. The Balaban J connectivity index is 0.00000162. The van der Waals surface area contributed by atoms with Crippen LogP contribution in [0.5, 0.6) is 0 Å². The van der Waals surface area contributed by atoms with Crippen molar-refractivity contribution in [3.63, 3.8) is 0 Å². The number of nitrogens with one attached hydrogen (secondary N) is 1. The number of carbonyl (C=O) groups is 1. The molecule has 1 aromatic carbocycles. The van der Waals surface area contributed by atoms with Crippen LogP contribution in [0.2, 0.25) is 5.02 Å². The summed E-state index contributed by atoms with van der Waals surface area (Å²) in [5, 5.41) is 3.48. The largest absolute Gasteiger partial charge is 0.358 e. The SMILES string of the molecule is CNC(=O)C1CCCN1Cc1ccc(Cl)cc1.Cl. The molecule has 0 aliphatic carbocycles. The van der Waals surface area contributed by atoms with Crippen LogP contribution < -0.4 is 5.32 Å². The molecule has 1 aromatic rings. The first-order valence-corrected chi connectivity index (χ1v) is 6.28. The van der Waals surface area contributed by atoms with Crippen LogP contribution in [-0.2, 0) is 11.3 Å². The van der Waals surface area contributed by atoms with Gasteiger partial charge in [0.2, 0.25) is 5.91 Å². The average Bonchev–Trinajstić information content (AvgIpc) is 2.79. The molecule has 0 aromatic heterocycles. The van der Waals surface area contributed by atoms with Crippen molar-refractivity contribution in [2.45, 2.75) is 25.4 Å². The van der Waals surface area contributed by atoms with Crippen molar-refractivity contribution in [3.8, 4) is 0 Å². The Morgan fingerprint density at radius 3 is 2.72 bits per heavy atom. The molecule has 1 aliphatic rings. The average molecular weight is 289 g/mol. The Hall–Kier alpha value is -0.770. The number of hydrogen-bond acceptors (Lipinski definition) is 2. The number of likely N-dealkylation sites (tertiary alicyclic amines) is 1. The third kappa shape index (κ3) is 3.61. The van der Waals surface area contributed by atoms with Gasteiger partial charge in [0.25, 0.3) is 0 Å². The lowest BCUT2D eigenvalue weighted by molar-refractivity contribution is -0.125. The maximum absolute atomic E-state index is 11.7. The number of hydrogen-bond donors (Lipinski definition) is 1.